The molecule has 2 aliphatic rings. The summed E-state index contributed by atoms with van der Waals surface area (Å²) in [6.07, 6.45) is 5.30. The number of H-pyrrole nitrogens is 1. The number of halogens is 1. The zero-order chi connectivity index (χ0) is 16.4. The number of hydrogen-bond acceptors (Lipinski definition) is 5. The smallest absolute Gasteiger partial charge is 0.407 e. The largest absolute Gasteiger partial charge is 0.444 e. The molecule has 1 aromatic heterocycles. The molecule has 2 atom stereocenters. The van der Waals surface area contributed by atoms with Crippen molar-refractivity contribution in [1.82, 2.24) is 15.5 Å². The fraction of sp³-hybridized carbons (Fsp3) is 0.667. The molecule has 1 aromatic rings. The number of amides is 1. The lowest BCUT2D eigenvalue weighted by Gasteiger charge is -2.19. The molecule has 2 heterocycles. The number of hydrogen-bond donors (Lipinski definition) is 2. The number of aromatic nitrogens is 2. The molecule has 126 valence electrons. The first-order chi connectivity index (χ1) is 11.0. The summed E-state index contributed by atoms with van der Waals surface area (Å²) < 4.78 is 5.57. The number of alkyl carbamates (subject to hydrolysis) is 1. The van der Waals surface area contributed by atoms with E-state index in [-0.39, 0.29) is 29.2 Å². The van der Waals surface area contributed by atoms with Crippen LogP contribution in [0.15, 0.2) is 11.0 Å². The molecule has 0 bridgehead atoms. The highest BCUT2D eigenvalue weighted by molar-refractivity contribution is 6.33. The summed E-state index contributed by atoms with van der Waals surface area (Å²) in [6.45, 7) is 3.18. The molecule has 2 fully saturated rings. The molecule has 8 heteroatoms. The molecule has 1 saturated heterocycles. The lowest BCUT2D eigenvalue weighted by atomic mass is 10.1. The van der Waals surface area contributed by atoms with Crippen LogP contribution in [-0.4, -0.2) is 41.5 Å². The first kappa shape index (κ1) is 16.1. The highest BCUT2D eigenvalue weighted by Gasteiger charge is 2.34. The first-order valence-corrected chi connectivity index (χ1v) is 8.37. The van der Waals surface area contributed by atoms with Crippen LogP contribution in [0.25, 0.3) is 0 Å². The van der Waals surface area contributed by atoms with Gasteiger partial charge in [0.15, 0.2) is 0 Å². The fourth-order valence-corrected chi connectivity index (χ4v) is 3.50. The standard InChI is InChI=1S/C15H21ClN4O3/c1-9-7-20(11-6-17-19-14(21)13(11)16)8-12(9)23-15(22)18-10-4-2-3-5-10/h6,9-10,12H,2-5,7-8H2,1H3,(H,18,22)(H,19,21)/t9-,12-/m0/s1. The molecule has 1 aliphatic heterocycles. The predicted molar refractivity (Wildman–Crippen MR) is 86.9 cm³/mol. The second-order valence-electron chi connectivity index (χ2n) is 6.35. The van der Waals surface area contributed by atoms with Gasteiger partial charge in [-0.05, 0) is 12.8 Å². The van der Waals surface area contributed by atoms with Gasteiger partial charge in [0.05, 0.1) is 18.4 Å². The van der Waals surface area contributed by atoms with Crippen LogP contribution >= 0.6 is 11.6 Å². The van der Waals surface area contributed by atoms with Crippen molar-refractivity contribution in [2.75, 3.05) is 18.0 Å². The van der Waals surface area contributed by atoms with E-state index in [1.165, 1.54) is 6.20 Å². The van der Waals surface area contributed by atoms with E-state index in [0.29, 0.717) is 18.8 Å². The Labute approximate surface area is 139 Å². The number of nitrogens with one attached hydrogen (secondary N) is 2. The van der Waals surface area contributed by atoms with Gasteiger partial charge >= 0.3 is 6.09 Å². The molecule has 3 rings (SSSR count). The summed E-state index contributed by atoms with van der Waals surface area (Å²) in [4.78, 5) is 25.5. The molecule has 1 amide bonds. The van der Waals surface area contributed by atoms with E-state index >= 15 is 0 Å². The second-order valence-corrected chi connectivity index (χ2v) is 6.73. The summed E-state index contributed by atoms with van der Waals surface area (Å²) in [5.41, 5.74) is 0.157. The van der Waals surface area contributed by atoms with Gasteiger partial charge in [-0.25, -0.2) is 9.89 Å². The monoisotopic (exact) mass is 340 g/mol. The highest BCUT2D eigenvalue weighted by atomic mass is 35.5. The summed E-state index contributed by atoms with van der Waals surface area (Å²) in [7, 11) is 0. The van der Waals surface area contributed by atoms with Crippen LogP contribution in [0.2, 0.25) is 5.02 Å². The molecular weight excluding hydrogens is 320 g/mol. The Morgan fingerprint density at radius 1 is 1.43 bits per heavy atom. The third-order valence-electron chi connectivity index (χ3n) is 4.60. The number of rotatable bonds is 3. The Morgan fingerprint density at radius 2 is 2.17 bits per heavy atom. The van der Waals surface area contributed by atoms with Gasteiger partial charge in [0, 0.05) is 18.5 Å². The average molecular weight is 341 g/mol. The highest BCUT2D eigenvalue weighted by Crippen LogP contribution is 2.28. The van der Waals surface area contributed by atoms with Gasteiger partial charge in [0.25, 0.3) is 5.56 Å². The number of aromatic amines is 1. The van der Waals surface area contributed by atoms with Crippen molar-refractivity contribution in [3.05, 3.63) is 21.6 Å². The molecule has 0 aromatic carbocycles. The van der Waals surface area contributed by atoms with Crippen LogP contribution in [0.1, 0.15) is 32.6 Å². The van der Waals surface area contributed by atoms with Crippen LogP contribution < -0.4 is 15.8 Å². The maximum absolute atomic E-state index is 12.0. The van der Waals surface area contributed by atoms with Crippen molar-refractivity contribution >= 4 is 23.4 Å². The number of nitrogens with zero attached hydrogens (tertiary/aromatic N) is 2. The van der Waals surface area contributed by atoms with Crippen LogP contribution in [-0.2, 0) is 4.74 Å². The van der Waals surface area contributed by atoms with E-state index < -0.39 is 5.56 Å². The van der Waals surface area contributed by atoms with Gasteiger partial charge in [-0.3, -0.25) is 4.79 Å². The quantitative estimate of drug-likeness (QED) is 0.877. The van der Waals surface area contributed by atoms with Gasteiger partial charge in [-0.2, -0.15) is 5.10 Å². The number of ether oxygens (including phenoxy) is 1. The number of anilines is 1. The van der Waals surface area contributed by atoms with Gasteiger partial charge in [0.1, 0.15) is 11.1 Å². The third-order valence-corrected chi connectivity index (χ3v) is 4.96. The van der Waals surface area contributed by atoms with E-state index in [2.05, 4.69) is 15.5 Å². The molecular formula is C15H21ClN4O3. The lowest BCUT2D eigenvalue weighted by Crippen LogP contribution is -2.37. The SMILES string of the molecule is C[C@H]1CN(c2cn[nH]c(=O)c2Cl)C[C@@H]1OC(=O)NC1CCCC1. The Kier molecular flexibility index (Phi) is 4.75. The van der Waals surface area contributed by atoms with Crippen molar-refractivity contribution in [1.29, 1.82) is 0 Å². The molecule has 7 nitrogen and oxygen atoms in total. The molecule has 2 N–H and O–H groups in total. The molecule has 0 unspecified atom stereocenters. The van der Waals surface area contributed by atoms with E-state index in [4.69, 9.17) is 16.3 Å². The lowest BCUT2D eigenvalue weighted by molar-refractivity contribution is 0.0860. The minimum atomic E-state index is -0.417. The van der Waals surface area contributed by atoms with Gasteiger partial charge in [-0.15, -0.1) is 0 Å². The van der Waals surface area contributed by atoms with Crippen LogP contribution in [0.4, 0.5) is 10.5 Å². The van der Waals surface area contributed by atoms with E-state index in [9.17, 15) is 9.59 Å². The van der Waals surface area contributed by atoms with Crippen molar-refractivity contribution in [3.63, 3.8) is 0 Å². The van der Waals surface area contributed by atoms with E-state index in [0.717, 1.165) is 25.7 Å². The number of carbonyl (C=O) groups is 1. The Hall–Kier alpha value is -1.76. The minimum absolute atomic E-state index is 0.114. The maximum atomic E-state index is 12.0. The molecule has 1 saturated carbocycles. The molecule has 0 radical (unpaired) electrons. The van der Waals surface area contributed by atoms with Crippen LogP contribution in [0.3, 0.4) is 0 Å². The summed E-state index contributed by atoms with van der Waals surface area (Å²) in [6, 6.07) is 0.238. The summed E-state index contributed by atoms with van der Waals surface area (Å²) >= 11 is 6.04. The van der Waals surface area contributed by atoms with Gasteiger partial charge in [0.2, 0.25) is 0 Å². The second kappa shape index (κ2) is 6.78. The molecule has 23 heavy (non-hydrogen) atoms. The minimum Gasteiger partial charge on any atom is -0.444 e. The summed E-state index contributed by atoms with van der Waals surface area (Å²) in [5, 5.41) is 9.13. The van der Waals surface area contributed by atoms with E-state index in [1.807, 2.05) is 11.8 Å². The normalized spacial score (nSPS) is 24.9. The molecule has 1 aliphatic carbocycles. The Bertz CT molecular complexity index is 629. The average Bonchev–Trinajstić information content (AvgIpc) is 3.13. The van der Waals surface area contributed by atoms with E-state index in [1.54, 1.807) is 0 Å². The number of carbonyl (C=O) groups excluding carboxylic acids is 1. The zero-order valence-electron chi connectivity index (χ0n) is 13.0. The first-order valence-electron chi connectivity index (χ1n) is 8.00. The van der Waals surface area contributed by atoms with Gasteiger partial charge < -0.3 is 15.0 Å². The molecule has 0 spiro atoms. The van der Waals surface area contributed by atoms with Crippen molar-refractivity contribution in [3.8, 4) is 0 Å². The van der Waals surface area contributed by atoms with Gasteiger partial charge in [-0.1, -0.05) is 31.4 Å². The summed E-state index contributed by atoms with van der Waals surface area (Å²) in [5.74, 6) is 0.152. The Balaban J connectivity index is 1.60. The van der Waals surface area contributed by atoms with Crippen LogP contribution in [0, 0.1) is 5.92 Å². The van der Waals surface area contributed by atoms with Crippen molar-refractivity contribution in [2.24, 2.45) is 5.92 Å². The van der Waals surface area contributed by atoms with Crippen molar-refractivity contribution < 1.29 is 9.53 Å². The fourth-order valence-electron chi connectivity index (χ4n) is 3.29. The van der Waals surface area contributed by atoms with Crippen molar-refractivity contribution in [2.45, 2.75) is 44.8 Å². The topological polar surface area (TPSA) is 87.3 Å². The van der Waals surface area contributed by atoms with Crippen LogP contribution in [0.5, 0.6) is 0 Å². The maximum Gasteiger partial charge on any atom is 0.407 e. The Morgan fingerprint density at radius 3 is 2.91 bits per heavy atom. The zero-order valence-corrected chi connectivity index (χ0v) is 13.8. The predicted octanol–water partition coefficient (Wildman–Crippen LogP) is 1.92. The third kappa shape index (κ3) is 3.60.